The predicted molar refractivity (Wildman–Crippen MR) is 114 cm³/mol. The van der Waals surface area contributed by atoms with Crippen molar-refractivity contribution in [3.8, 4) is 0 Å². The first-order chi connectivity index (χ1) is 14.5. The van der Waals surface area contributed by atoms with Crippen molar-refractivity contribution in [3.63, 3.8) is 0 Å². The summed E-state index contributed by atoms with van der Waals surface area (Å²) in [5, 5.41) is 5.46. The Morgan fingerprint density at radius 1 is 0.933 bits per heavy atom. The van der Waals surface area contributed by atoms with E-state index in [0.717, 1.165) is 48.3 Å². The molecule has 162 valence electrons. The number of hydrogen-bond acceptors (Lipinski definition) is 4. The molecule has 1 aliphatic rings. The highest BCUT2D eigenvalue weighted by atomic mass is 16.6. The predicted octanol–water partition coefficient (Wildman–Crippen LogP) is 4.02. The number of alkyl carbamates (subject to hydrolysis) is 2. The molecular weight excluding hydrogens is 382 g/mol. The molecule has 0 unspecified atom stereocenters. The third kappa shape index (κ3) is 4.96. The summed E-state index contributed by atoms with van der Waals surface area (Å²) >= 11 is 0. The van der Waals surface area contributed by atoms with Gasteiger partial charge in [-0.3, -0.25) is 0 Å². The Morgan fingerprint density at radius 3 is 2.10 bits per heavy atom. The lowest BCUT2D eigenvalue weighted by molar-refractivity contribution is 0.131. The molecule has 0 bridgehead atoms. The molecule has 2 N–H and O–H groups in total. The molecule has 30 heavy (non-hydrogen) atoms. The van der Waals surface area contributed by atoms with E-state index in [4.69, 9.17) is 9.47 Å². The Hall–Kier alpha value is -2.96. The molecular formula is C23H31N3O4. The highest BCUT2D eigenvalue weighted by Crippen LogP contribution is 2.32. The second-order valence-electron chi connectivity index (χ2n) is 7.53. The quantitative estimate of drug-likeness (QED) is 0.584. The van der Waals surface area contributed by atoms with Crippen molar-refractivity contribution in [3.05, 3.63) is 57.9 Å². The number of carbonyl (C=O) groups is 2. The van der Waals surface area contributed by atoms with Gasteiger partial charge in [0.15, 0.2) is 0 Å². The number of rotatable bonds is 8. The van der Waals surface area contributed by atoms with Crippen LogP contribution in [0, 0.1) is 6.92 Å². The molecule has 0 atom stereocenters. The van der Waals surface area contributed by atoms with E-state index in [9.17, 15) is 9.59 Å². The summed E-state index contributed by atoms with van der Waals surface area (Å²) in [4.78, 5) is 24.0. The minimum absolute atomic E-state index is 0.146. The summed E-state index contributed by atoms with van der Waals surface area (Å²) in [6.07, 6.45) is 1.58. The van der Waals surface area contributed by atoms with Crippen LogP contribution in [0.5, 0.6) is 0 Å². The van der Waals surface area contributed by atoms with Crippen molar-refractivity contribution < 1.29 is 19.1 Å². The van der Waals surface area contributed by atoms with E-state index in [2.05, 4.69) is 27.3 Å². The molecule has 2 aromatic rings. The maximum Gasteiger partial charge on any atom is 0.407 e. The summed E-state index contributed by atoms with van der Waals surface area (Å²) in [6.45, 7) is 8.21. The number of fused-ring (bicyclic) bond motifs is 2. The number of amides is 2. The number of carbonyl (C=O) groups excluding carboxylic acids is 2. The highest BCUT2D eigenvalue weighted by Gasteiger charge is 2.26. The Morgan fingerprint density at radius 2 is 1.50 bits per heavy atom. The summed E-state index contributed by atoms with van der Waals surface area (Å²) in [7, 11) is 0. The van der Waals surface area contributed by atoms with E-state index in [1.807, 2.05) is 32.9 Å². The third-order valence-corrected chi connectivity index (χ3v) is 5.42. The van der Waals surface area contributed by atoms with Crippen LogP contribution in [0.3, 0.4) is 0 Å². The molecule has 0 saturated heterocycles. The molecule has 1 aromatic carbocycles. The minimum atomic E-state index is -0.434. The van der Waals surface area contributed by atoms with E-state index >= 15 is 0 Å². The molecule has 2 amide bonds. The monoisotopic (exact) mass is 413 g/mol. The lowest BCUT2D eigenvalue weighted by Gasteiger charge is -2.21. The van der Waals surface area contributed by atoms with Crippen LogP contribution in [-0.2, 0) is 35.7 Å². The van der Waals surface area contributed by atoms with Gasteiger partial charge >= 0.3 is 12.2 Å². The van der Waals surface area contributed by atoms with Crippen LogP contribution in [0.1, 0.15) is 60.3 Å². The topological polar surface area (TPSA) is 81.6 Å². The number of aromatic nitrogens is 1. The van der Waals surface area contributed by atoms with Gasteiger partial charge in [-0.2, -0.15) is 0 Å². The Balaban J connectivity index is 1.84. The SMILES string of the molecule is CCCNC(=O)OCc1c(COC(=O)NCCC)c2n(c1C)Cc1ccccc1C2. The Kier molecular flexibility index (Phi) is 7.38. The van der Waals surface area contributed by atoms with Crippen molar-refractivity contribution in [2.24, 2.45) is 0 Å². The molecule has 7 nitrogen and oxygen atoms in total. The molecule has 3 rings (SSSR count). The van der Waals surface area contributed by atoms with Crippen LogP contribution >= 0.6 is 0 Å². The van der Waals surface area contributed by atoms with Crippen molar-refractivity contribution in [1.82, 2.24) is 15.2 Å². The molecule has 0 radical (unpaired) electrons. The highest BCUT2D eigenvalue weighted by molar-refractivity contribution is 5.68. The molecule has 7 heteroatoms. The first-order valence-corrected chi connectivity index (χ1v) is 10.6. The van der Waals surface area contributed by atoms with E-state index < -0.39 is 12.2 Å². The fraction of sp³-hybridized carbons (Fsp3) is 0.478. The standard InChI is InChI=1S/C23H31N3O4/c1-4-10-24-22(27)29-14-19-16(3)26-13-18-9-7-6-8-17(18)12-21(26)20(19)15-30-23(28)25-11-5-2/h6-9H,4-5,10-15H2,1-3H3,(H,24,27)(H,25,28). The number of hydrogen-bond donors (Lipinski definition) is 2. The smallest absolute Gasteiger partial charge is 0.407 e. The van der Waals surface area contributed by atoms with E-state index in [-0.39, 0.29) is 13.2 Å². The van der Waals surface area contributed by atoms with Gasteiger partial charge in [-0.1, -0.05) is 38.1 Å². The third-order valence-electron chi connectivity index (χ3n) is 5.42. The van der Waals surface area contributed by atoms with Crippen LogP contribution in [0.15, 0.2) is 24.3 Å². The number of ether oxygens (including phenoxy) is 2. The van der Waals surface area contributed by atoms with E-state index in [0.29, 0.717) is 13.1 Å². The zero-order chi connectivity index (χ0) is 21.5. The van der Waals surface area contributed by atoms with Gasteiger partial charge < -0.3 is 24.7 Å². The molecule has 0 saturated carbocycles. The van der Waals surface area contributed by atoms with Crippen molar-refractivity contribution in [2.45, 2.75) is 59.8 Å². The summed E-state index contributed by atoms with van der Waals surface area (Å²) in [6, 6.07) is 8.36. The van der Waals surface area contributed by atoms with E-state index in [1.54, 1.807) is 0 Å². The van der Waals surface area contributed by atoms with Crippen LogP contribution in [0.2, 0.25) is 0 Å². The van der Waals surface area contributed by atoms with Crippen molar-refractivity contribution in [1.29, 1.82) is 0 Å². The maximum absolute atomic E-state index is 12.0. The molecule has 0 aliphatic carbocycles. The fourth-order valence-electron chi connectivity index (χ4n) is 3.77. The van der Waals surface area contributed by atoms with Gasteiger partial charge in [-0.25, -0.2) is 9.59 Å². The van der Waals surface area contributed by atoms with Gasteiger partial charge in [0.2, 0.25) is 0 Å². The zero-order valence-corrected chi connectivity index (χ0v) is 18.0. The van der Waals surface area contributed by atoms with Gasteiger partial charge in [0.1, 0.15) is 13.2 Å². The van der Waals surface area contributed by atoms with Gasteiger partial charge in [-0.15, -0.1) is 0 Å². The zero-order valence-electron chi connectivity index (χ0n) is 18.0. The average Bonchev–Trinajstić information content (AvgIpc) is 3.01. The van der Waals surface area contributed by atoms with Gasteiger partial charge in [-0.05, 0) is 30.9 Å². The van der Waals surface area contributed by atoms with Crippen LogP contribution < -0.4 is 10.6 Å². The maximum atomic E-state index is 12.0. The molecule has 1 aromatic heterocycles. The van der Waals surface area contributed by atoms with Gasteiger partial charge in [0.05, 0.1) is 0 Å². The largest absolute Gasteiger partial charge is 0.445 e. The number of nitrogens with one attached hydrogen (secondary N) is 2. The van der Waals surface area contributed by atoms with Crippen molar-refractivity contribution >= 4 is 12.2 Å². The fourth-order valence-corrected chi connectivity index (χ4v) is 3.77. The summed E-state index contributed by atoms with van der Waals surface area (Å²) in [5.74, 6) is 0. The summed E-state index contributed by atoms with van der Waals surface area (Å²) < 4.78 is 13.2. The molecule has 1 aliphatic heterocycles. The number of nitrogens with zero attached hydrogens (tertiary/aromatic N) is 1. The Labute approximate surface area is 177 Å². The van der Waals surface area contributed by atoms with Crippen LogP contribution in [0.4, 0.5) is 9.59 Å². The average molecular weight is 414 g/mol. The second-order valence-corrected chi connectivity index (χ2v) is 7.53. The first kappa shape index (κ1) is 21.7. The number of benzene rings is 1. The second kappa shape index (κ2) is 10.2. The lowest BCUT2D eigenvalue weighted by atomic mass is 9.97. The van der Waals surface area contributed by atoms with Crippen molar-refractivity contribution in [2.75, 3.05) is 13.1 Å². The molecule has 0 spiro atoms. The Bertz CT molecular complexity index is 904. The molecule has 0 fully saturated rings. The molecule has 2 heterocycles. The van der Waals surface area contributed by atoms with Gasteiger partial charge in [0.25, 0.3) is 0 Å². The van der Waals surface area contributed by atoms with Crippen LogP contribution in [0.25, 0.3) is 0 Å². The summed E-state index contributed by atoms with van der Waals surface area (Å²) in [5.41, 5.74) is 6.54. The minimum Gasteiger partial charge on any atom is -0.445 e. The van der Waals surface area contributed by atoms with Crippen LogP contribution in [-0.4, -0.2) is 29.8 Å². The van der Waals surface area contributed by atoms with E-state index in [1.165, 1.54) is 11.1 Å². The normalized spacial score (nSPS) is 12.0. The lowest BCUT2D eigenvalue weighted by Crippen LogP contribution is -2.26. The first-order valence-electron chi connectivity index (χ1n) is 10.6. The van der Waals surface area contributed by atoms with Gasteiger partial charge in [0, 0.05) is 48.6 Å².